The smallest absolute Gasteiger partial charge is 0.313 e. The minimum Gasteiger partial charge on any atom is -0.469 e. The molecule has 1 aromatic carbocycles. The first-order valence-corrected chi connectivity index (χ1v) is 20.5. The molecule has 1 aromatic heterocycles. The van der Waals surface area contributed by atoms with Gasteiger partial charge in [0, 0.05) is 37.0 Å². The van der Waals surface area contributed by atoms with Gasteiger partial charge in [0.25, 0.3) is 5.91 Å². The number of thiazole rings is 1. The van der Waals surface area contributed by atoms with E-state index >= 15 is 0 Å². The summed E-state index contributed by atoms with van der Waals surface area (Å²) in [6, 6.07) is 6.27. The number of fused-ring (bicyclic) bond motifs is 1. The lowest BCUT2D eigenvalue weighted by Crippen LogP contribution is -2.58. The van der Waals surface area contributed by atoms with Crippen LogP contribution in [0.1, 0.15) is 133 Å². The van der Waals surface area contributed by atoms with Crippen molar-refractivity contribution in [1.29, 1.82) is 0 Å². The molecule has 3 rings (SSSR count). The van der Waals surface area contributed by atoms with Crippen molar-refractivity contribution in [3.8, 4) is 0 Å². The summed E-state index contributed by atoms with van der Waals surface area (Å²) in [5.74, 6) is -0.979. The lowest BCUT2D eigenvalue weighted by atomic mass is 9.80. The summed E-state index contributed by atoms with van der Waals surface area (Å²) >= 11 is 1.38. The van der Waals surface area contributed by atoms with Gasteiger partial charge >= 0.3 is 5.97 Å². The Morgan fingerprint density at radius 1 is 1.02 bits per heavy atom. The third kappa shape index (κ3) is 12.1. The number of esters is 1. The number of likely N-dealkylation sites (N-methyl/N-ethyl adjacent to an activating group) is 1. The van der Waals surface area contributed by atoms with Gasteiger partial charge in [-0.2, -0.15) is 0 Å². The molecule has 1 aliphatic carbocycles. The second-order valence-electron chi connectivity index (χ2n) is 15.2. The second-order valence-corrected chi connectivity index (χ2v) is 16.1. The topological polar surface area (TPSA) is 139 Å². The van der Waals surface area contributed by atoms with Gasteiger partial charge in [0.15, 0.2) is 0 Å². The molecule has 0 saturated carbocycles. The Bertz CT molecular complexity index is 1480. The van der Waals surface area contributed by atoms with Gasteiger partial charge in [-0.05, 0) is 68.0 Å². The van der Waals surface area contributed by atoms with Crippen LogP contribution in [0.5, 0.6) is 0 Å². The Balaban J connectivity index is 1.86. The number of carbonyl (C=O) groups excluding carboxylic acids is 4. The van der Waals surface area contributed by atoms with Crippen molar-refractivity contribution in [3.63, 3.8) is 0 Å². The average Bonchev–Trinajstić information content (AvgIpc) is 3.64. The van der Waals surface area contributed by atoms with E-state index in [0.29, 0.717) is 55.5 Å². The number of benzene rings is 1. The molecule has 0 unspecified atom stereocenters. The highest BCUT2D eigenvalue weighted by Crippen LogP contribution is 2.34. The molecule has 12 heteroatoms. The number of nitrogens with zero attached hydrogens (tertiary/aromatic N) is 2. The molecule has 3 amide bonds. The van der Waals surface area contributed by atoms with Crippen molar-refractivity contribution in [2.24, 2.45) is 17.8 Å². The van der Waals surface area contributed by atoms with Crippen LogP contribution in [0.25, 0.3) is 0 Å². The van der Waals surface area contributed by atoms with Crippen LogP contribution in [0.3, 0.4) is 0 Å². The van der Waals surface area contributed by atoms with Gasteiger partial charge < -0.3 is 30.3 Å². The zero-order chi connectivity index (χ0) is 39.2. The number of carbonyl (C=O) groups is 4. The van der Waals surface area contributed by atoms with E-state index < -0.39 is 18.1 Å². The van der Waals surface area contributed by atoms with Gasteiger partial charge in [0.1, 0.15) is 22.8 Å². The van der Waals surface area contributed by atoms with Crippen molar-refractivity contribution in [2.45, 2.75) is 137 Å². The molecule has 296 valence electrons. The lowest BCUT2D eigenvalue weighted by molar-refractivity contribution is -0.143. The van der Waals surface area contributed by atoms with E-state index in [9.17, 15) is 19.2 Å². The maximum atomic E-state index is 14.6. The van der Waals surface area contributed by atoms with Crippen LogP contribution >= 0.6 is 11.3 Å². The van der Waals surface area contributed by atoms with Crippen LogP contribution in [0.4, 0.5) is 0 Å². The van der Waals surface area contributed by atoms with Crippen LogP contribution < -0.4 is 16.0 Å². The van der Waals surface area contributed by atoms with E-state index in [2.05, 4.69) is 50.6 Å². The molecule has 7 atom stereocenters. The van der Waals surface area contributed by atoms with E-state index in [-0.39, 0.29) is 53.7 Å². The molecule has 0 aliphatic heterocycles. The van der Waals surface area contributed by atoms with E-state index in [1.165, 1.54) is 18.4 Å². The summed E-state index contributed by atoms with van der Waals surface area (Å²) in [6.07, 6.45) is 4.06. The Hall–Kier alpha value is -3.35. The molecule has 3 N–H and O–H groups in total. The minimum absolute atomic E-state index is 0.0668. The Labute approximate surface area is 321 Å². The van der Waals surface area contributed by atoms with Crippen LogP contribution in [0.15, 0.2) is 29.6 Å². The Morgan fingerprint density at radius 2 is 1.74 bits per heavy atom. The number of hydrogen-bond acceptors (Lipinski definition) is 9. The molecule has 11 nitrogen and oxygen atoms in total. The van der Waals surface area contributed by atoms with Crippen molar-refractivity contribution in [2.75, 3.05) is 27.3 Å². The molecule has 0 saturated heterocycles. The first-order chi connectivity index (χ1) is 25.3. The molecule has 1 aliphatic rings. The molecule has 0 bridgehead atoms. The molecule has 0 fully saturated rings. The van der Waals surface area contributed by atoms with Crippen molar-refractivity contribution >= 4 is 35.0 Å². The number of hydrogen-bond donors (Lipinski definition) is 3. The zero-order valence-corrected chi connectivity index (χ0v) is 34.5. The minimum atomic E-state index is -0.668. The van der Waals surface area contributed by atoms with E-state index in [4.69, 9.17) is 14.5 Å². The average molecular weight is 756 g/mol. The predicted octanol–water partition coefficient (Wildman–Crippen LogP) is 6.43. The summed E-state index contributed by atoms with van der Waals surface area (Å²) in [4.78, 5) is 61.1. The van der Waals surface area contributed by atoms with Crippen LogP contribution in [0, 0.1) is 17.8 Å². The highest BCUT2D eigenvalue weighted by molar-refractivity contribution is 7.09. The SMILES string of the molecule is CCCO[C@H](C[C@H](C(C)C)N(CCC)C(=O)[C@@H](NC(=O)[C@H](CC(C)C)NC)[C@@H](C)CC)c1nc(C(=O)N[C@H]2Cc3ccccc3[C@H](C(=O)OC)C2)cs1. The first kappa shape index (κ1) is 44.0. The normalized spacial score (nSPS) is 18.4. The monoisotopic (exact) mass is 755 g/mol. The largest absolute Gasteiger partial charge is 0.469 e. The molecular weight excluding hydrogens is 691 g/mol. The number of rotatable bonds is 21. The van der Waals surface area contributed by atoms with Gasteiger partial charge in [-0.25, -0.2) is 4.98 Å². The third-order valence-corrected chi connectivity index (χ3v) is 11.2. The maximum Gasteiger partial charge on any atom is 0.313 e. The number of methoxy groups -OCH3 is 1. The third-order valence-electron chi connectivity index (χ3n) is 10.3. The van der Waals surface area contributed by atoms with E-state index in [1.807, 2.05) is 49.9 Å². The fourth-order valence-electron chi connectivity index (χ4n) is 7.20. The lowest BCUT2D eigenvalue weighted by Gasteiger charge is -2.39. The summed E-state index contributed by atoms with van der Waals surface area (Å²) in [7, 11) is 3.17. The summed E-state index contributed by atoms with van der Waals surface area (Å²) in [5, 5.41) is 11.8. The maximum absolute atomic E-state index is 14.6. The van der Waals surface area contributed by atoms with Gasteiger partial charge in [0.2, 0.25) is 11.8 Å². The van der Waals surface area contributed by atoms with Crippen LogP contribution in [-0.4, -0.2) is 85.1 Å². The molecule has 1 heterocycles. The molecule has 53 heavy (non-hydrogen) atoms. The molecule has 0 spiro atoms. The zero-order valence-electron chi connectivity index (χ0n) is 33.7. The van der Waals surface area contributed by atoms with E-state index in [1.54, 1.807) is 12.4 Å². The summed E-state index contributed by atoms with van der Waals surface area (Å²) in [5.41, 5.74) is 2.26. The summed E-state index contributed by atoms with van der Waals surface area (Å²) in [6.45, 7) is 17.6. The second kappa shape index (κ2) is 21.5. The quantitative estimate of drug-likeness (QED) is 0.124. The number of aromatic nitrogens is 1. The number of nitrogens with one attached hydrogen (secondary N) is 3. The van der Waals surface area contributed by atoms with Gasteiger partial charge in [-0.1, -0.05) is 86.1 Å². The van der Waals surface area contributed by atoms with Crippen LogP contribution in [0.2, 0.25) is 0 Å². The van der Waals surface area contributed by atoms with Gasteiger partial charge in [-0.3, -0.25) is 19.2 Å². The highest BCUT2D eigenvalue weighted by Gasteiger charge is 2.38. The standard InChI is InChI=1S/C41H65N5O6S/c1-11-18-46(40(49)36(27(8)13-3)45-37(47)32(42-9)20-25(4)5)34(26(6)7)23-35(52-19-12-2)39-44-33(24-53-39)38(48)43-29-21-28-16-14-15-17-30(28)31(22-29)41(50)51-10/h14-17,24-27,29,31-32,34-36,42H,11-13,18-23H2,1-10H3,(H,43,48)(H,45,47)/t27-,29-,31+,32-,34+,35+,36-/m0/s1. The Kier molecular flexibility index (Phi) is 17.9. The first-order valence-electron chi connectivity index (χ1n) is 19.6. The highest BCUT2D eigenvalue weighted by atomic mass is 32.1. The molecule has 0 radical (unpaired) electrons. The molecular formula is C41H65N5O6S. The van der Waals surface area contributed by atoms with Gasteiger partial charge in [0.05, 0.1) is 19.1 Å². The predicted molar refractivity (Wildman–Crippen MR) is 211 cm³/mol. The van der Waals surface area contributed by atoms with Crippen LogP contribution in [-0.2, 0) is 30.3 Å². The number of amides is 3. The number of ether oxygens (including phenoxy) is 2. The van der Waals surface area contributed by atoms with Crippen molar-refractivity contribution < 1.29 is 28.7 Å². The van der Waals surface area contributed by atoms with E-state index in [0.717, 1.165) is 30.4 Å². The van der Waals surface area contributed by atoms with Crippen molar-refractivity contribution in [1.82, 2.24) is 25.8 Å². The fourth-order valence-corrected chi connectivity index (χ4v) is 8.06. The fraction of sp³-hybridized carbons (Fsp3) is 0.683. The summed E-state index contributed by atoms with van der Waals surface area (Å²) < 4.78 is 11.5. The van der Waals surface area contributed by atoms with Crippen molar-refractivity contribution in [3.05, 3.63) is 51.5 Å². The Morgan fingerprint density at radius 3 is 2.34 bits per heavy atom. The molecule has 2 aromatic rings. The van der Waals surface area contributed by atoms with Gasteiger partial charge in [-0.15, -0.1) is 11.3 Å².